The molecule has 0 aromatic heterocycles. The van der Waals surface area contributed by atoms with E-state index in [0.717, 1.165) is 16.9 Å². The lowest BCUT2D eigenvalue weighted by atomic mass is 10.1. The molecule has 7 heteroatoms. The van der Waals surface area contributed by atoms with Crippen molar-refractivity contribution in [1.82, 2.24) is 16.0 Å². The Bertz CT molecular complexity index is 804. The van der Waals surface area contributed by atoms with Crippen LogP contribution in [0.5, 0.6) is 5.75 Å². The number of carbonyl (C=O) groups is 1. The normalized spacial score (nSPS) is 11.3. The highest BCUT2D eigenvalue weighted by Gasteiger charge is 2.13. The van der Waals surface area contributed by atoms with Crippen molar-refractivity contribution in [3.8, 4) is 5.75 Å². The van der Waals surface area contributed by atoms with E-state index < -0.39 is 0 Å². The molecule has 0 aliphatic carbocycles. The SMILES string of the molecule is CCNC(=NCc1ccccc1COc1ccccc1)NCC(=O)NC(C)(C)C.I. The zero-order valence-corrected chi connectivity index (χ0v) is 20.5. The number of guanidine groups is 1. The van der Waals surface area contributed by atoms with Crippen molar-refractivity contribution in [2.45, 2.75) is 46.4 Å². The van der Waals surface area contributed by atoms with Crippen LogP contribution >= 0.6 is 24.0 Å². The van der Waals surface area contributed by atoms with Gasteiger partial charge in [0.2, 0.25) is 5.91 Å². The van der Waals surface area contributed by atoms with Crippen LogP contribution < -0.4 is 20.7 Å². The van der Waals surface area contributed by atoms with Gasteiger partial charge in [-0.3, -0.25) is 4.79 Å². The van der Waals surface area contributed by atoms with Crippen LogP contribution in [-0.2, 0) is 17.9 Å². The van der Waals surface area contributed by atoms with E-state index in [0.29, 0.717) is 25.7 Å². The van der Waals surface area contributed by atoms with E-state index in [9.17, 15) is 4.79 Å². The monoisotopic (exact) mass is 524 g/mol. The number of benzene rings is 2. The third-order valence-electron chi connectivity index (χ3n) is 3.94. The van der Waals surface area contributed by atoms with Crippen molar-refractivity contribution >= 4 is 35.8 Å². The van der Waals surface area contributed by atoms with Crippen molar-refractivity contribution in [2.24, 2.45) is 4.99 Å². The Morgan fingerprint density at radius 1 is 0.967 bits per heavy atom. The molecule has 0 fully saturated rings. The molecule has 2 aromatic rings. The van der Waals surface area contributed by atoms with Crippen LogP contribution in [0, 0.1) is 0 Å². The van der Waals surface area contributed by atoms with Crippen LogP contribution in [0.1, 0.15) is 38.8 Å². The number of ether oxygens (including phenoxy) is 1. The van der Waals surface area contributed by atoms with Crippen LogP contribution in [0.4, 0.5) is 0 Å². The standard InChI is InChI=1S/C23H32N4O2.HI/c1-5-24-22(26-16-21(28)27-23(2,3)4)25-15-18-11-9-10-12-19(18)17-29-20-13-7-6-8-14-20;/h6-14H,5,15-17H2,1-4H3,(H,27,28)(H2,24,25,26);1H. The lowest BCUT2D eigenvalue weighted by molar-refractivity contribution is -0.121. The number of amides is 1. The molecule has 0 unspecified atom stereocenters. The molecule has 0 radical (unpaired) electrons. The van der Waals surface area contributed by atoms with E-state index in [-0.39, 0.29) is 42.0 Å². The molecule has 164 valence electrons. The summed E-state index contributed by atoms with van der Waals surface area (Å²) in [6, 6.07) is 17.8. The second-order valence-corrected chi connectivity index (χ2v) is 7.72. The van der Waals surface area contributed by atoms with Crippen LogP contribution in [0.3, 0.4) is 0 Å². The van der Waals surface area contributed by atoms with Crippen molar-refractivity contribution in [3.63, 3.8) is 0 Å². The Hall–Kier alpha value is -2.29. The largest absolute Gasteiger partial charge is 0.489 e. The number of hydrogen-bond donors (Lipinski definition) is 3. The molecule has 2 rings (SSSR count). The van der Waals surface area contributed by atoms with Crippen molar-refractivity contribution in [2.75, 3.05) is 13.1 Å². The molecule has 3 N–H and O–H groups in total. The number of rotatable bonds is 8. The quantitative estimate of drug-likeness (QED) is 0.279. The van der Waals surface area contributed by atoms with E-state index in [4.69, 9.17) is 4.74 Å². The van der Waals surface area contributed by atoms with Gasteiger partial charge in [-0.05, 0) is 51.0 Å². The number of aliphatic imine (C=N–C) groups is 1. The third-order valence-corrected chi connectivity index (χ3v) is 3.94. The third kappa shape index (κ3) is 9.96. The first-order chi connectivity index (χ1) is 13.9. The highest BCUT2D eigenvalue weighted by Crippen LogP contribution is 2.15. The molecule has 0 heterocycles. The second kappa shape index (κ2) is 13.1. The number of nitrogens with one attached hydrogen (secondary N) is 3. The van der Waals surface area contributed by atoms with Gasteiger partial charge in [-0.1, -0.05) is 42.5 Å². The fourth-order valence-corrected chi connectivity index (χ4v) is 2.66. The molecule has 0 bridgehead atoms. The minimum absolute atomic E-state index is 0. The number of hydrogen-bond acceptors (Lipinski definition) is 3. The highest BCUT2D eigenvalue weighted by atomic mass is 127. The van der Waals surface area contributed by atoms with E-state index in [1.165, 1.54) is 0 Å². The molecule has 0 saturated carbocycles. The topological polar surface area (TPSA) is 74.8 Å². The predicted octanol–water partition coefficient (Wildman–Crippen LogP) is 3.85. The number of nitrogens with zero attached hydrogens (tertiary/aromatic N) is 1. The smallest absolute Gasteiger partial charge is 0.239 e. The first-order valence-corrected chi connectivity index (χ1v) is 9.95. The molecule has 30 heavy (non-hydrogen) atoms. The van der Waals surface area contributed by atoms with Crippen LogP contribution in [0.2, 0.25) is 0 Å². The summed E-state index contributed by atoms with van der Waals surface area (Å²) in [6.45, 7) is 9.72. The van der Waals surface area contributed by atoms with Crippen molar-refractivity contribution in [1.29, 1.82) is 0 Å². The lowest BCUT2D eigenvalue weighted by Gasteiger charge is -2.21. The average Bonchev–Trinajstić information content (AvgIpc) is 2.68. The van der Waals surface area contributed by atoms with Gasteiger partial charge in [0.1, 0.15) is 12.4 Å². The minimum atomic E-state index is -0.258. The van der Waals surface area contributed by atoms with E-state index in [1.807, 2.05) is 82.3 Å². The highest BCUT2D eigenvalue weighted by molar-refractivity contribution is 14.0. The Kier molecular flexibility index (Phi) is 11.2. The Morgan fingerprint density at radius 2 is 1.60 bits per heavy atom. The van der Waals surface area contributed by atoms with Crippen LogP contribution in [0.15, 0.2) is 59.6 Å². The van der Waals surface area contributed by atoms with Gasteiger partial charge < -0.3 is 20.7 Å². The van der Waals surface area contributed by atoms with E-state index in [2.05, 4.69) is 20.9 Å². The minimum Gasteiger partial charge on any atom is -0.489 e. The van der Waals surface area contributed by atoms with Gasteiger partial charge in [-0.2, -0.15) is 0 Å². The van der Waals surface area contributed by atoms with E-state index >= 15 is 0 Å². The van der Waals surface area contributed by atoms with Gasteiger partial charge in [0.05, 0.1) is 13.1 Å². The van der Waals surface area contributed by atoms with Gasteiger partial charge >= 0.3 is 0 Å². The van der Waals surface area contributed by atoms with Gasteiger partial charge in [0.25, 0.3) is 0 Å². The maximum Gasteiger partial charge on any atom is 0.239 e. The summed E-state index contributed by atoms with van der Waals surface area (Å²) in [5.74, 6) is 1.38. The molecule has 2 aromatic carbocycles. The van der Waals surface area contributed by atoms with Gasteiger partial charge in [0, 0.05) is 12.1 Å². The molecule has 1 amide bonds. The zero-order chi connectivity index (χ0) is 21.1. The van der Waals surface area contributed by atoms with Gasteiger partial charge in [-0.15, -0.1) is 24.0 Å². The molecule has 0 atom stereocenters. The summed E-state index contributed by atoms with van der Waals surface area (Å²) in [5, 5.41) is 9.19. The predicted molar refractivity (Wildman–Crippen MR) is 133 cm³/mol. The Labute approximate surface area is 196 Å². The second-order valence-electron chi connectivity index (χ2n) is 7.72. The average molecular weight is 524 g/mol. The first-order valence-electron chi connectivity index (χ1n) is 9.95. The fourth-order valence-electron chi connectivity index (χ4n) is 2.66. The summed E-state index contributed by atoms with van der Waals surface area (Å²) in [4.78, 5) is 16.7. The van der Waals surface area contributed by atoms with Crippen molar-refractivity contribution in [3.05, 3.63) is 65.7 Å². The van der Waals surface area contributed by atoms with Gasteiger partial charge in [0.15, 0.2) is 5.96 Å². The fraction of sp³-hybridized carbons (Fsp3) is 0.391. The first kappa shape index (κ1) is 25.7. The Morgan fingerprint density at radius 3 is 2.23 bits per heavy atom. The molecule has 0 spiro atoms. The molecular weight excluding hydrogens is 491 g/mol. The van der Waals surface area contributed by atoms with E-state index in [1.54, 1.807) is 0 Å². The number of carbonyl (C=O) groups excluding carboxylic acids is 1. The Balaban J connectivity index is 0.00000450. The zero-order valence-electron chi connectivity index (χ0n) is 18.2. The maximum absolute atomic E-state index is 12.0. The summed E-state index contributed by atoms with van der Waals surface area (Å²) < 4.78 is 5.88. The number of para-hydroxylation sites is 1. The summed E-state index contributed by atoms with van der Waals surface area (Å²) in [6.07, 6.45) is 0. The maximum atomic E-state index is 12.0. The van der Waals surface area contributed by atoms with Crippen LogP contribution in [0.25, 0.3) is 0 Å². The molecule has 0 saturated heterocycles. The lowest BCUT2D eigenvalue weighted by Crippen LogP contribution is -2.48. The summed E-state index contributed by atoms with van der Waals surface area (Å²) in [7, 11) is 0. The molecule has 0 aliphatic heterocycles. The van der Waals surface area contributed by atoms with Crippen molar-refractivity contribution < 1.29 is 9.53 Å². The van der Waals surface area contributed by atoms with Gasteiger partial charge in [-0.25, -0.2) is 4.99 Å². The molecule has 6 nitrogen and oxygen atoms in total. The number of halogens is 1. The molecular formula is C23H33IN4O2. The summed E-state index contributed by atoms with van der Waals surface area (Å²) >= 11 is 0. The summed E-state index contributed by atoms with van der Waals surface area (Å²) in [5.41, 5.74) is 1.91. The molecule has 0 aliphatic rings. The van der Waals surface area contributed by atoms with Crippen LogP contribution in [-0.4, -0.2) is 30.5 Å².